The second-order valence-electron chi connectivity index (χ2n) is 3.89. The van der Waals surface area contributed by atoms with Crippen LogP contribution in [0.5, 0.6) is 0 Å². The minimum absolute atomic E-state index is 0.0196. The molecule has 0 unspecified atom stereocenters. The van der Waals surface area contributed by atoms with Gasteiger partial charge in [0.1, 0.15) is 5.01 Å². The Bertz CT molecular complexity index is 428. The Morgan fingerprint density at radius 2 is 2.29 bits per heavy atom. The van der Waals surface area contributed by atoms with E-state index in [1.54, 1.807) is 0 Å². The number of hydrogen-bond donors (Lipinski definition) is 3. The predicted molar refractivity (Wildman–Crippen MR) is 62.1 cm³/mol. The van der Waals surface area contributed by atoms with Crippen molar-refractivity contribution in [2.45, 2.75) is 31.8 Å². The van der Waals surface area contributed by atoms with Crippen molar-refractivity contribution in [2.75, 3.05) is 0 Å². The third kappa shape index (κ3) is 3.16. The highest BCUT2D eigenvalue weighted by molar-refractivity contribution is 7.09. The minimum Gasteiger partial charge on any atom is -0.476 e. The molecule has 0 aromatic carbocycles. The van der Waals surface area contributed by atoms with Gasteiger partial charge in [-0.2, -0.15) is 0 Å². The molecular weight excluding hydrogens is 242 g/mol. The Kier molecular flexibility index (Phi) is 3.58. The molecule has 7 heteroatoms. The van der Waals surface area contributed by atoms with Gasteiger partial charge in [-0.15, -0.1) is 11.3 Å². The van der Waals surface area contributed by atoms with Crippen LogP contribution in [0.4, 0.5) is 4.79 Å². The van der Waals surface area contributed by atoms with E-state index in [0.29, 0.717) is 11.0 Å². The number of aromatic nitrogens is 1. The number of carboxylic acids is 1. The summed E-state index contributed by atoms with van der Waals surface area (Å²) in [6.07, 6.45) is 3.24. The number of carbonyl (C=O) groups is 2. The standard InChI is InChI=1S/C10H13N3O3S/c14-9(15)7-5-17-8(13-7)4-11-10(16)12-6-2-1-3-6/h5-6H,1-4H2,(H,14,15)(H2,11,12,16). The van der Waals surface area contributed by atoms with Gasteiger partial charge in [0.15, 0.2) is 5.69 Å². The maximum atomic E-state index is 11.4. The zero-order valence-electron chi connectivity index (χ0n) is 9.10. The summed E-state index contributed by atoms with van der Waals surface area (Å²) in [4.78, 5) is 25.9. The highest BCUT2D eigenvalue weighted by Crippen LogP contribution is 2.17. The van der Waals surface area contributed by atoms with Crippen LogP contribution in [0.25, 0.3) is 0 Å². The van der Waals surface area contributed by atoms with E-state index >= 15 is 0 Å². The Labute approximate surface area is 102 Å². The van der Waals surface area contributed by atoms with Gasteiger partial charge in [-0.05, 0) is 19.3 Å². The summed E-state index contributed by atoms with van der Waals surface area (Å²) in [7, 11) is 0. The molecule has 1 aliphatic rings. The van der Waals surface area contributed by atoms with E-state index < -0.39 is 5.97 Å². The van der Waals surface area contributed by atoms with Gasteiger partial charge in [-0.25, -0.2) is 14.6 Å². The van der Waals surface area contributed by atoms with E-state index in [2.05, 4.69) is 15.6 Å². The summed E-state index contributed by atoms with van der Waals surface area (Å²) in [5.41, 5.74) is 0.0196. The first-order chi connectivity index (χ1) is 8.15. The second kappa shape index (κ2) is 5.13. The molecule has 1 aliphatic carbocycles. The topological polar surface area (TPSA) is 91.3 Å². The molecule has 1 saturated carbocycles. The molecule has 17 heavy (non-hydrogen) atoms. The van der Waals surface area contributed by atoms with Crippen LogP contribution in [0.3, 0.4) is 0 Å². The summed E-state index contributed by atoms with van der Waals surface area (Å²) < 4.78 is 0. The number of hydrogen-bond acceptors (Lipinski definition) is 4. The lowest BCUT2D eigenvalue weighted by molar-refractivity contribution is 0.0691. The van der Waals surface area contributed by atoms with Crippen molar-refractivity contribution in [1.29, 1.82) is 0 Å². The molecule has 1 heterocycles. The first kappa shape index (κ1) is 11.8. The van der Waals surface area contributed by atoms with Crippen molar-refractivity contribution in [3.63, 3.8) is 0 Å². The molecule has 0 aliphatic heterocycles. The number of urea groups is 1. The van der Waals surface area contributed by atoms with Gasteiger partial charge in [0, 0.05) is 11.4 Å². The van der Waals surface area contributed by atoms with Crippen LogP contribution in [0.1, 0.15) is 34.8 Å². The normalized spacial score (nSPS) is 15.1. The van der Waals surface area contributed by atoms with Crippen molar-refractivity contribution in [1.82, 2.24) is 15.6 Å². The van der Waals surface area contributed by atoms with Gasteiger partial charge in [0.05, 0.1) is 6.54 Å². The molecule has 6 nitrogen and oxygen atoms in total. The quantitative estimate of drug-likeness (QED) is 0.753. The van der Waals surface area contributed by atoms with Crippen molar-refractivity contribution in [3.05, 3.63) is 16.1 Å². The Morgan fingerprint density at radius 1 is 1.53 bits per heavy atom. The fraction of sp³-hybridized carbons (Fsp3) is 0.500. The highest BCUT2D eigenvalue weighted by Gasteiger charge is 2.19. The number of thiazole rings is 1. The average Bonchev–Trinajstić information content (AvgIpc) is 2.69. The van der Waals surface area contributed by atoms with Crippen molar-refractivity contribution < 1.29 is 14.7 Å². The third-order valence-electron chi connectivity index (χ3n) is 2.61. The first-order valence-corrected chi connectivity index (χ1v) is 6.25. The Balaban J connectivity index is 1.76. The van der Waals surface area contributed by atoms with E-state index in [4.69, 9.17) is 5.11 Å². The van der Waals surface area contributed by atoms with Gasteiger partial charge >= 0.3 is 12.0 Å². The van der Waals surface area contributed by atoms with Crippen LogP contribution in [0.2, 0.25) is 0 Å². The molecule has 92 valence electrons. The second-order valence-corrected chi connectivity index (χ2v) is 4.83. The molecule has 0 saturated heterocycles. The van der Waals surface area contributed by atoms with Crippen molar-refractivity contribution in [2.24, 2.45) is 0 Å². The molecule has 3 N–H and O–H groups in total. The number of carboxylic acid groups (broad SMARTS) is 1. The number of amides is 2. The zero-order valence-corrected chi connectivity index (χ0v) is 9.92. The van der Waals surface area contributed by atoms with E-state index in [0.717, 1.165) is 12.8 Å². The van der Waals surface area contributed by atoms with Crippen LogP contribution in [0, 0.1) is 0 Å². The predicted octanol–water partition coefficient (Wildman–Crippen LogP) is 1.19. The van der Waals surface area contributed by atoms with Crippen LogP contribution in [-0.4, -0.2) is 28.1 Å². The monoisotopic (exact) mass is 255 g/mol. The molecule has 0 bridgehead atoms. The van der Waals surface area contributed by atoms with Gasteiger partial charge in [0.25, 0.3) is 0 Å². The number of nitrogens with zero attached hydrogens (tertiary/aromatic N) is 1. The summed E-state index contributed by atoms with van der Waals surface area (Å²) >= 11 is 1.22. The zero-order chi connectivity index (χ0) is 12.3. The summed E-state index contributed by atoms with van der Waals surface area (Å²) in [5, 5.41) is 16.2. The number of aromatic carboxylic acids is 1. The lowest BCUT2D eigenvalue weighted by Crippen LogP contribution is -2.44. The fourth-order valence-electron chi connectivity index (χ4n) is 1.44. The maximum absolute atomic E-state index is 11.4. The fourth-order valence-corrected chi connectivity index (χ4v) is 2.14. The van der Waals surface area contributed by atoms with Crippen LogP contribution < -0.4 is 10.6 Å². The molecule has 0 spiro atoms. The Morgan fingerprint density at radius 3 is 2.82 bits per heavy atom. The highest BCUT2D eigenvalue weighted by atomic mass is 32.1. The summed E-state index contributed by atoms with van der Waals surface area (Å²) in [6, 6.07) is 0.0719. The Hall–Kier alpha value is -1.63. The van der Waals surface area contributed by atoms with Crippen molar-refractivity contribution in [3.8, 4) is 0 Å². The SMILES string of the molecule is O=C(NCc1nc(C(=O)O)cs1)NC1CCC1. The molecule has 2 rings (SSSR count). The average molecular weight is 255 g/mol. The molecule has 1 aromatic rings. The van der Waals surface area contributed by atoms with Gasteiger partial charge < -0.3 is 15.7 Å². The lowest BCUT2D eigenvalue weighted by Gasteiger charge is -2.26. The number of rotatable bonds is 4. The molecule has 2 amide bonds. The molecular formula is C10H13N3O3S. The van der Waals surface area contributed by atoms with Crippen LogP contribution in [-0.2, 0) is 6.54 Å². The van der Waals surface area contributed by atoms with Gasteiger partial charge in [0.2, 0.25) is 0 Å². The minimum atomic E-state index is -1.05. The number of carbonyl (C=O) groups excluding carboxylic acids is 1. The molecule has 1 fully saturated rings. The van der Waals surface area contributed by atoms with Gasteiger partial charge in [-0.1, -0.05) is 0 Å². The van der Waals surface area contributed by atoms with E-state index in [-0.39, 0.29) is 18.3 Å². The lowest BCUT2D eigenvalue weighted by atomic mass is 9.93. The molecule has 0 atom stereocenters. The van der Waals surface area contributed by atoms with E-state index in [1.807, 2.05) is 0 Å². The van der Waals surface area contributed by atoms with Crippen LogP contribution in [0.15, 0.2) is 5.38 Å². The van der Waals surface area contributed by atoms with E-state index in [1.165, 1.54) is 23.1 Å². The van der Waals surface area contributed by atoms with Gasteiger partial charge in [-0.3, -0.25) is 0 Å². The molecule has 0 radical (unpaired) electrons. The smallest absolute Gasteiger partial charge is 0.355 e. The first-order valence-electron chi connectivity index (χ1n) is 5.37. The summed E-state index contributed by atoms with van der Waals surface area (Å²) in [5.74, 6) is -1.05. The number of nitrogens with one attached hydrogen (secondary N) is 2. The maximum Gasteiger partial charge on any atom is 0.355 e. The third-order valence-corrected chi connectivity index (χ3v) is 3.46. The van der Waals surface area contributed by atoms with E-state index in [9.17, 15) is 9.59 Å². The molecule has 1 aromatic heterocycles. The largest absolute Gasteiger partial charge is 0.476 e. The van der Waals surface area contributed by atoms with Crippen LogP contribution >= 0.6 is 11.3 Å². The summed E-state index contributed by atoms with van der Waals surface area (Å²) in [6.45, 7) is 0.260. The van der Waals surface area contributed by atoms with Crippen molar-refractivity contribution >= 4 is 23.3 Å².